The Morgan fingerprint density at radius 1 is 1.09 bits per heavy atom. The molecule has 1 N–H and O–H groups in total. The molecule has 4 heterocycles. The van der Waals surface area contributed by atoms with Crippen LogP contribution in [0.2, 0.25) is 0 Å². The summed E-state index contributed by atoms with van der Waals surface area (Å²) < 4.78 is 40.4. The summed E-state index contributed by atoms with van der Waals surface area (Å²) in [6.07, 6.45) is -2.27. The van der Waals surface area contributed by atoms with Crippen LogP contribution in [0.25, 0.3) is 16.6 Å². The number of carbonyl (C=O) groups is 1. The Balaban J connectivity index is 1.74. The number of aryl methyl sites for hydroxylation is 2. The van der Waals surface area contributed by atoms with Crippen molar-refractivity contribution in [3.05, 3.63) is 58.7 Å². The van der Waals surface area contributed by atoms with Crippen molar-refractivity contribution in [1.82, 2.24) is 19.2 Å². The van der Waals surface area contributed by atoms with Gasteiger partial charge in [0, 0.05) is 66.6 Å². The standard InChI is InChI=1S/C25H29F3N4O2/c1-15-5-6-19(17(3)29-15)20-7-8-32-22(20)13-21(24(33)34)16(2)23(32)18(4)31-11-9-30(10-12-31)14-25(26,27)28/h5-8,13,18H,9-12,14H2,1-4H3,(H,33,34). The van der Waals surface area contributed by atoms with Crippen LogP contribution in [0.15, 0.2) is 30.5 Å². The molecular formula is C25H29F3N4O2. The van der Waals surface area contributed by atoms with E-state index in [1.54, 1.807) is 13.0 Å². The van der Waals surface area contributed by atoms with Gasteiger partial charge in [-0.25, -0.2) is 4.79 Å². The fraction of sp³-hybridized carbons (Fsp3) is 0.440. The van der Waals surface area contributed by atoms with E-state index in [1.165, 1.54) is 4.90 Å². The van der Waals surface area contributed by atoms with Gasteiger partial charge in [0.2, 0.25) is 0 Å². The minimum atomic E-state index is -4.21. The zero-order chi connectivity index (χ0) is 24.8. The Hall–Kier alpha value is -2.91. The van der Waals surface area contributed by atoms with Crippen LogP contribution in [-0.2, 0) is 0 Å². The number of pyridine rings is 2. The quantitative estimate of drug-likeness (QED) is 0.572. The summed E-state index contributed by atoms with van der Waals surface area (Å²) in [7, 11) is 0. The van der Waals surface area contributed by atoms with Gasteiger partial charge in [0.1, 0.15) is 0 Å². The first-order valence-electron chi connectivity index (χ1n) is 11.3. The van der Waals surface area contributed by atoms with Gasteiger partial charge in [0.15, 0.2) is 0 Å². The summed E-state index contributed by atoms with van der Waals surface area (Å²) in [5.41, 5.74) is 6.10. The molecule has 1 unspecified atom stereocenters. The molecule has 0 saturated carbocycles. The molecule has 4 rings (SSSR count). The van der Waals surface area contributed by atoms with E-state index in [9.17, 15) is 23.1 Å². The number of rotatable bonds is 5. The van der Waals surface area contributed by atoms with Crippen molar-refractivity contribution >= 4 is 11.5 Å². The molecule has 1 atom stereocenters. The first kappa shape index (κ1) is 24.2. The van der Waals surface area contributed by atoms with Gasteiger partial charge in [-0.3, -0.25) is 14.8 Å². The number of aromatic nitrogens is 2. The number of alkyl halides is 3. The number of piperazine rings is 1. The molecule has 3 aromatic heterocycles. The Morgan fingerprint density at radius 2 is 1.76 bits per heavy atom. The molecule has 0 amide bonds. The van der Waals surface area contributed by atoms with Crippen LogP contribution < -0.4 is 0 Å². The highest BCUT2D eigenvalue weighted by molar-refractivity contribution is 5.94. The van der Waals surface area contributed by atoms with Gasteiger partial charge in [0.05, 0.1) is 17.6 Å². The van der Waals surface area contributed by atoms with Crippen molar-refractivity contribution in [2.75, 3.05) is 32.7 Å². The topological polar surface area (TPSA) is 61.1 Å². The average Bonchev–Trinajstić information content (AvgIpc) is 3.15. The number of halogens is 3. The van der Waals surface area contributed by atoms with E-state index in [-0.39, 0.29) is 11.6 Å². The number of nitrogens with zero attached hydrogens (tertiary/aromatic N) is 4. The number of fused-ring (bicyclic) bond motifs is 1. The lowest BCUT2D eigenvalue weighted by molar-refractivity contribution is -0.149. The summed E-state index contributed by atoms with van der Waals surface area (Å²) in [6, 6.07) is 7.42. The summed E-state index contributed by atoms with van der Waals surface area (Å²) in [4.78, 5) is 20.2. The minimum absolute atomic E-state index is 0.174. The van der Waals surface area contributed by atoms with Crippen molar-refractivity contribution in [2.45, 2.75) is 39.9 Å². The molecule has 0 aliphatic carbocycles. The molecule has 0 radical (unpaired) electrons. The smallest absolute Gasteiger partial charge is 0.401 e. The Kier molecular flexibility index (Phi) is 6.44. The van der Waals surface area contributed by atoms with Gasteiger partial charge < -0.3 is 9.51 Å². The average molecular weight is 475 g/mol. The number of hydrogen-bond donors (Lipinski definition) is 1. The first-order chi connectivity index (χ1) is 16.0. The van der Waals surface area contributed by atoms with E-state index in [1.807, 2.05) is 49.6 Å². The zero-order valence-corrected chi connectivity index (χ0v) is 19.8. The number of carboxylic acids is 1. The van der Waals surface area contributed by atoms with Crippen molar-refractivity contribution in [3.8, 4) is 11.1 Å². The van der Waals surface area contributed by atoms with Gasteiger partial charge in [-0.15, -0.1) is 0 Å². The van der Waals surface area contributed by atoms with Crippen LogP contribution in [0.1, 0.15) is 46.0 Å². The molecule has 6 nitrogen and oxygen atoms in total. The van der Waals surface area contributed by atoms with Crippen LogP contribution in [0.3, 0.4) is 0 Å². The lowest BCUT2D eigenvalue weighted by Crippen LogP contribution is -2.49. The van der Waals surface area contributed by atoms with Crippen molar-refractivity contribution < 1.29 is 23.1 Å². The van der Waals surface area contributed by atoms with Gasteiger partial charge in [-0.05, 0) is 51.5 Å². The van der Waals surface area contributed by atoms with Crippen LogP contribution in [0.5, 0.6) is 0 Å². The van der Waals surface area contributed by atoms with E-state index in [0.717, 1.165) is 33.7 Å². The molecule has 1 saturated heterocycles. The largest absolute Gasteiger partial charge is 0.478 e. The fourth-order valence-corrected chi connectivity index (χ4v) is 5.04. The second kappa shape index (κ2) is 9.03. The predicted octanol–water partition coefficient (Wildman–Crippen LogP) is 4.87. The van der Waals surface area contributed by atoms with E-state index in [2.05, 4.69) is 9.88 Å². The molecule has 9 heteroatoms. The fourth-order valence-electron chi connectivity index (χ4n) is 5.04. The molecule has 34 heavy (non-hydrogen) atoms. The van der Waals surface area contributed by atoms with E-state index < -0.39 is 18.7 Å². The predicted molar refractivity (Wildman–Crippen MR) is 124 cm³/mol. The van der Waals surface area contributed by atoms with Crippen LogP contribution in [0.4, 0.5) is 13.2 Å². The molecule has 0 aromatic carbocycles. The highest BCUT2D eigenvalue weighted by Gasteiger charge is 2.33. The van der Waals surface area contributed by atoms with Gasteiger partial charge >= 0.3 is 12.1 Å². The third-order valence-corrected chi connectivity index (χ3v) is 6.75. The third kappa shape index (κ3) is 4.67. The summed E-state index contributed by atoms with van der Waals surface area (Å²) in [6.45, 7) is 8.33. The lowest BCUT2D eigenvalue weighted by Gasteiger charge is -2.39. The highest BCUT2D eigenvalue weighted by atomic mass is 19.4. The number of aromatic carboxylic acids is 1. The number of hydrogen-bond acceptors (Lipinski definition) is 4. The Labute approximate surface area is 196 Å². The maximum absolute atomic E-state index is 12.8. The third-order valence-electron chi connectivity index (χ3n) is 6.75. The molecular weight excluding hydrogens is 445 g/mol. The molecule has 182 valence electrons. The van der Waals surface area contributed by atoms with Crippen molar-refractivity contribution in [2.24, 2.45) is 0 Å². The molecule has 1 aliphatic rings. The van der Waals surface area contributed by atoms with Crippen molar-refractivity contribution in [1.29, 1.82) is 0 Å². The van der Waals surface area contributed by atoms with E-state index in [4.69, 9.17) is 0 Å². The Morgan fingerprint density at radius 3 is 2.35 bits per heavy atom. The summed E-state index contributed by atoms with van der Waals surface area (Å²) >= 11 is 0. The maximum atomic E-state index is 12.8. The highest BCUT2D eigenvalue weighted by Crippen LogP contribution is 2.35. The van der Waals surface area contributed by atoms with E-state index >= 15 is 0 Å². The van der Waals surface area contributed by atoms with Gasteiger partial charge in [-0.1, -0.05) is 6.07 Å². The number of carboxylic acid groups (broad SMARTS) is 1. The van der Waals surface area contributed by atoms with Gasteiger partial charge in [0.25, 0.3) is 0 Å². The van der Waals surface area contributed by atoms with Crippen molar-refractivity contribution in [3.63, 3.8) is 0 Å². The zero-order valence-electron chi connectivity index (χ0n) is 19.8. The van der Waals surface area contributed by atoms with E-state index in [0.29, 0.717) is 31.7 Å². The monoisotopic (exact) mass is 474 g/mol. The van der Waals surface area contributed by atoms with Crippen LogP contribution >= 0.6 is 0 Å². The Bertz CT molecular complexity index is 1230. The van der Waals surface area contributed by atoms with Gasteiger partial charge in [-0.2, -0.15) is 13.2 Å². The van der Waals surface area contributed by atoms with Crippen LogP contribution in [-0.4, -0.2) is 69.2 Å². The molecule has 0 bridgehead atoms. The normalized spacial score (nSPS) is 16.8. The summed E-state index contributed by atoms with van der Waals surface area (Å²) in [5.74, 6) is -1.01. The second-order valence-corrected chi connectivity index (χ2v) is 9.05. The first-order valence-corrected chi connectivity index (χ1v) is 11.3. The second-order valence-electron chi connectivity index (χ2n) is 9.05. The molecule has 1 fully saturated rings. The lowest BCUT2D eigenvalue weighted by atomic mass is 9.99. The summed E-state index contributed by atoms with van der Waals surface area (Å²) in [5, 5.41) is 9.93. The molecule has 3 aromatic rings. The minimum Gasteiger partial charge on any atom is -0.478 e. The maximum Gasteiger partial charge on any atom is 0.401 e. The SMILES string of the molecule is Cc1ccc(-c2ccn3c(C(C)N4CCN(CC(F)(F)F)CC4)c(C)c(C(=O)O)cc23)c(C)n1. The van der Waals surface area contributed by atoms with Crippen LogP contribution in [0, 0.1) is 20.8 Å². The molecule has 0 spiro atoms. The molecule has 1 aliphatic heterocycles.